The molecular formula is C20H30O8. The molecule has 28 heavy (non-hydrogen) atoms. The van der Waals surface area contributed by atoms with Gasteiger partial charge in [-0.15, -0.1) is 0 Å². The number of carboxylic acid groups (broad SMARTS) is 2. The van der Waals surface area contributed by atoms with E-state index in [-0.39, 0.29) is 24.3 Å². The highest BCUT2D eigenvalue weighted by Gasteiger charge is 2.18. The van der Waals surface area contributed by atoms with Crippen LogP contribution in [0.1, 0.15) is 57.5 Å². The number of aliphatic hydroxyl groups excluding tert-OH is 2. The van der Waals surface area contributed by atoms with Crippen molar-refractivity contribution >= 4 is 11.9 Å². The molecule has 158 valence electrons. The molecule has 0 amide bonds. The average molecular weight is 398 g/mol. The van der Waals surface area contributed by atoms with Crippen LogP contribution in [0.25, 0.3) is 0 Å². The summed E-state index contributed by atoms with van der Waals surface area (Å²) in [6.45, 7) is 1.80. The lowest BCUT2D eigenvalue weighted by molar-refractivity contribution is 0.0694. The van der Waals surface area contributed by atoms with Crippen LogP contribution >= 0.6 is 0 Å². The highest BCUT2D eigenvalue weighted by Crippen LogP contribution is 2.21. The van der Waals surface area contributed by atoms with E-state index < -0.39 is 11.9 Å². The number of unbranched alkanes of at least 4 members (excludes halogenated alkanes) is 2. The molecule has 0 spiro atoms. The third-order valence-corrected chi connectivity index (χ3v) is 4.23. The largest absolute Gasteiger partial charge is 0.478 e. The van der Waals surface area contributed by atoms with Gasteiger partial charge in [-0.2, -0.15) is 0 Å². The van der Waals surface area contributed by atoms with Crippen LogP contribution in [0.15, 0.2) is 12.1 Å². The SMILES string of the molecule is O=C(O)c1cc(CCOCCCCO)c(CCOCCCCO)c(C(=O)O)c1. The smallest absolute Gasteiger partial charge is 0.335 e. The van der Waals surface area contributed by atoms with Crippen molar-refractivity contribution in [3.8, 4) is 0 Å². The van der Waals surface area contributed by atoms with Crippen molar-refractivity contribution in [3.05, 3.63) is 34.4 Å². The second-order valence-corrected chi connectivity index (χ2v) is 6.36. The molecule has 0 fully saturated rings. The minimum atomic E-state index is -1.18. The molecule has 8 nitrogen and oxygen atoms in total. The van der Waals surface area contributed by atoms with Gasteiger partial charge in [0.2, 0.25) is 0 Å². The Bertz CT molecular complexity index is 614. The summed E-state index contributed by atoms with van der Waals surface area (Å²) in [6.07, 6.45) is 3.47. The fourth-order valence-corrected chi connectivity index (χ4v) is 2.76. The maximum absolute atomic E-state index is 11.7. The topological polar surface area (TPSA) is 134 Å². The fraction of sp³-hybridized carbons (Fsp3) is 0.600. The molecule has 0 saturated carbocycles. The van der Waals surface area contributed by atoms with Gasteiger partial charge in [0.05, 0.1) is 24.3 Å². The molecule has 0 aliphatic heterocycles. The Labute approximate surface area is 164 Å². The van der Waals surface area contributed by atoms with Gasteiger partial charge >= 0.3 is 11.9 Å². The lowest BCUT2D eigenvalue weighted by Gasteiger charge is -2.15. The van der Waals surface area contributed by atoms with Crippen LogP contribution in [0.3, 0.4) is 0 Å². The van der Waals surface area contributed by atoms with Crippen molar-refractivity contribution in [2.45, 2.75) is 38.5 Å². The summed E-state index contributed by atoms with van der Waals surface area (Å²) in [5, 5.41) is 36.3. The van der Waals surface area contributed by atoms with Crippen molar-refractivity contribution in [2.24, 2.45) is 0 Å². The number of aliphatic hydroxyl groups is 2. The summed E-state index contributed by atoms with van der Waals surface area (Å²) in [5.74, 6) is -2.36. The Morgan fingerprint density at radius 2 is 1.32 bits per heavy atom. The monoisotopic (exact) mass is 398 g/mol. The standard InChI is InChI=1S/C20H30O8/c21-7-1-3-9-27-11-5-15-13-16(19(23)24)14-18(20(25)26)17(15)6-12-28-10-4-2-8-22/h13-14,21-22H,1-12H2,(H,23,24)(H,25,26). The van der Waals surface area contributed by atoms with Crippen LogP contribution in [0, 0.1) is 0 Å². The fourth-order valence-electron chi connectivity index (χ4n) is 2.76. The Hall–Kier alpha value is -2.00. The van der Waals surface area contributed by atoms with E-state index in [0.29, 0.717) is 63.2 Å². The molecule has 0 atom stereocenters. The maximum atomic E-state index is 11.7. The third-order valence-electron chi connectivity index (χ3n) is 4.23. The molecule has 0 aliphatic rings. The van der Waals surface area contributed by atoms with E-state index in [4.69, 9.17) is 19.7 Å². The van der Waals surface area contributed by atoms with E-state index in [1.807, 2.05) is 0 Å². The van der Waals surface area contributed by atoms with Gasteiger partial charge in [0, 0.05) is 26.4 Å². The lowest BCUT2D eigenvalue weighted by Crippen LogP contribution is -2.14. The summed E-state index contributed by atoms with van der Waals surface area (Å²) in [6, 6.07) is 2.67. The molecule has 8 heteroatoms. The van der Waals surface area contributed by atoms with E-state index in [1.54, 1.807) is 0 Å². The van der Waals surface area contributed by atoms with Crippen LogP contribution in [-0.2, 0) is 22.3 Å². The molecule has 0 saturated heterocycles. The van der Waals surface area contributed by atoms with Gasteiger partial charge in [-0.1, -0.05) is 0 Å². The van der Waals surface area contributed by atoms with Gasteiger partial charge < -0.3 is 29.9 Å². The highest BCUT2D eigenvalue weighted by atomic mass is 16.5. The van der Waals surface area contributed by atoms with Gasteiger partial charge in [0.25, 0.3) is 0 Å². The van der Waals surface area contributed by atoms with Crippen LogP contribution in [0.2, 0.25) is 0 Å². The number of rotatable bonds is 16. The molecule has 0 aliphatic carbocycles. The molecule has 0 aromatic heterocycles. The van der Waals surface area contributed by atoms with E-state index in [2.05, 4.69) is 0 Å². The average Bonchev–Trinajstić information content (AvgIpc) is 2.67. The number of carboxylic acids is 2. The summed E-state index contributed by atoms with van der Waals surface area (Å²) in [7, 11) is 0. The molecular weight excluding hydrogens is 368 g/mol. The van der Waals surface area contributed by atoms with Crippen LogP contribution in [0.4, 0.5) is 0 Å². The zero-order valence-corrected chi connectivity index (χ0v) is 16.1. The number of hydrogen-bond acceptors (Lipinski definition) is 6. The zero-order valence-electron chi connectivity index (χ0n) is 16.1. The minimum Gasteiger partial charge on any atom is -0.478 e. The number of benzene rings is 1. The van der Waals surface area contributed by atoms with Crippen molar-refractivity contribution in [2.75, 3.05) is 39.6 Å². The van der Waals surface area contributed by atoms with Crippen LogP contribution in [0.5, 0.6) is 0 Å². The number of ether oxygens (including phenoxy) is 2. The Balaban J connectivity index is 2.84. The first kappa shape index (κ1) is 24.0. The van der Waals surface area contributed by atoms with Gasteiger partial charge in [0.1, 0.15) is 0 Å². The zero-order chi connectivity index (χ0) is 20.8. The summed E-state index contributed by atoms with van der Waals surface area (Å²) < 4.78 is 11.0. The normalized spacial score (nSPS) is 10.9. The first-order valence-corrected chi connectivity index (χ1v) is 9.50. The van der Waals surface area contributed by atoms with E-state index in [1.165, 1.54) is 12.1 Å². The van der Waals surface area contributed by atoms with Gasteiger partial charge in [-0.05, 0) is 61.8 Å². The molecule has 4 N–H and O–H groups in total. The molecule has 1 rings (SSSR count). The van der Waals surface area contributed by atoms with Crippen molar-refractivity contribution < 1.29 is 39.5 Å². The van der Waals surface area contributed by atoms with Crippen molar-refractivity contribution in [1.82, 2.24) is 0 Å². The second-order valence-electron chi connectivity index (χ2n) is 6.36. The quantitative estimate of drug-likeness (QED) is 0.310. The number of carbonyl (C=O) groups is 2. The minimum absolute atomic E-state index is 0.0332. The molecule has 0 radical (unpaired) electrons. The number of aromatic carboxylic acids is 2. The van der Waals surface area contributed by atoms with Crippen molar-refractivity contribution in [3.63, 3.8) is 0 Å². The predicted molar refractivity (Wildman–Crippen MR) is 102 cm³/mol. The lowest BCUT2D eigenvalue weighted by atomic mass is 9.93. The molecule has 0 unspecified atom stereocenters. The van der Waals surface area contributed by atoms with E-state index in [9.17, 15) is 19.8 Å². The summed E-state index contributed by atoms with van der Waals surface area (Å²) in [5.41, 5.74) is 1.08. The van der Waals surface area contributed by atoms with Crippen LogP contribution < -0.4 is 0 Å². The Morgan fingerprint density at radius 3 is 1.82 bits per heavy atom. The van der Waals surface area contributed by atoms with E-state index >= 15 is 0 Å². The third kappa shape index (κ3) is 8.79. The van der Waals surface area contributed by atoms with E-state index in [0.717, 1.165) is 12.8 Å². The molecule has 0 bridgehead atoms. The Kier molecular flexibility index (Phi) is 12.1. The predicted octanol–water partition coefficient (Wildman–Crippen LogP) is 1.75. The maximum Gasteiger partial charge on any atom is 0.335 e. The summed E-state index contributed by atoms with van der Waals surface area (Å²) in [4.78, 5) is 23.0. The first-order valence-electron chi connectivity index (χ1n) is 9.50. The van der Waals surface area contributed by atoms with Crippen LogP contribution in [-0.4, -0.2) is 72.0 Å². The van der Waals surface area contributed by atoms with Gasteiger partial charge in [0.15, 0.2) is 0 Å². The second kappa shape index (κ2) is 14.1. The Morgan fingerprint density at radius 1 is 0.750 bits per heavy atom. The highest BCUT2D eigenvalue weighted by molar-refractivity contribution is 5.95. The molecule has 1 aromatic rings. The first-order chi connectivity index (χ1) is 13.5. The van der Waals surface area contributed by atoms with Gasteiger partial charge in [-0.3, -0.25) is 0 Å². The summed E-state index contributed by atoms with van der Waals surface area (Å²) >= 11 is 0. The number of hydrogen-bond donors (Lipinski definition) is 4. The molecule has 0 heterocycles. The van der Waals surface area contributed by atoms with Crippen molar-refractivity contribution in [1.29, 1.82) is 0 Å². The molecule has 1 aromatic carbocycles. The van der Waals surface area contributed by atoms with Gasteiger partial charge in [-0.25, -0.2) is 9.59 Å².